The molecule has 0 spiro atoms. The average molecular weight is 202 g/mol. The minimum absolute atomic E-state index is 0.0126. The van der Waals surface area contributed by atoms with E-state index in [1.807, 2.05) is 0 Å². The number of aliphatic hydroxyl groups is 1. The molecule has 0 saturated carbocycles. The van der Waals surface area contributed by atoms with Gasteiger partial charge in [-0.1, -0.05) is 6.08 Å². The number of primary amides is 1. The summed E-state index contributed by atoms with van der Waals surface area (Å²) in [5.41, 5.74) is 4.99. The summed E-state index contributed by atoms with van der Waals surface area (Å²) in [5.74, 6) is -1.81. The lowest BCUT2D eigenvalue weighted by molar-refractivity contribution is -0.132. The number of amides is 1. The van der Waals surface area contributed by atoms with Crippen LogP contribution in [0.2, 0.25) is 0 Å². The van der Waals surface area contributed by atoms with Crippen LogP contribution in [0.3, 0.4) is 0 Å². The second-order valence-corrected chi connectivity index (χ2v) is 2.77. The summed E-state index contributed by atoms with van der Waals surface area (Å²) in [5, 5.41) is 20.0. The van der Waals surface area contributed by atoms with Crippen molar-refractivity contribution in [1.82, 2.24) is 5.32 Å². The molecule has 0 aromatic heterocycles. The number of carboxylic acids is 1. The fourth-order valence-corrected chi connectivity index (χ4v) is 0.633. The first-order valence-corrected chi connectivity index (χ1v) is 4.03. The van der Waals surface area contributed by atoms with E-state index in [1.165, 1.54) is 13.0 Å². The van der Waals surface area contributed by atoms with Crippen LogP contribution in [-0.4, -0.2) is 41.3 Å². The summed E-state index contributed by atoms with van der Waals surface area (Å²) >= 11 is 0. The van der Waals surface area contributed by atoms with Crippen LogP contribution in [0.5, 0.6) is 0 Å². The van der Waals surface area contributed by atoms with Crippen LogP contribution < -0.4 is 11.1 Å². The molecule has 0 aliphatic carbocycles. The van der Waals surface area contributed by atoms with Gasteiger partial charge in [0, 0.05) is 18.7 Å². The SMILES string of the molecule is CC(=CCNCC(O)C(N)=O)C(=O)O. The number of carbonyl (C=O) groups is 2. The number of hydrogen-bond donors (Lipinski definition) is 4. The smallest absolute Gasteiger partial charge is 0.330 e. The monoisotopic (exact) mass is 202 g/mol. The number of aliphatic hydroxyl groups excluding tert-OH is 1. The fraction of sp³-hybridized carbons (Fsp3) is 0.500. The van der Waals surface area contributed by atoms with E-state index >= 15 is 0 Å². The third-order valence-electron chi connectivity index (χ3n) is 1.56. The Morgan fingerprint density at radius 3 is 2.57 bits per heavy atom. The first-order valence-electron chi connectivity index (χ1n) is 4.03. The summed E-state index contributed by atoms with van der Waals surface area (Å²) in [6, 6.07) is 0. The van der Waals surface area contributed by atoms with Crippen LogP contribution in [0, 0.1) is 0 Å². The molecule has 0 radical (unpaired) electrons. The molecule has 0 saturated heterocycles. The third-order valence-corrected chi connectivity index (χ3v) is 1.56. The molecule has 0 aromatic carbocycles. The molecule has 6 heteroatoms. The topological polar surface area (TPSA) is 113 Å². The highest BCUT2D eigenvalue weighted by Crippen LogP contribution is 1.89. The van der Waals surface area contributed by atoms with Gasteiger partial charge in [0.2, 0.25) is 5.91 Å². The van der Waals surface area contributed by atoms with E-state index in [1.54, 1.807) is 0 Å². The molecule has 0 heterocycles. The molecule has 14 heavy (non-hydrogen) atoms. The number of rotatable bonds is 6. The highest BCUT2D eigenvalue weighted by Gasteiger charge is 2.08. The summed E-state index contributed by atoms with van der Waals surface area (Å²) in [4.78, 5) is 20.7. The summed E-state index contributed by atoms with van der Waals surface area (Å²) in [6.07, 6.45) is 0.198. The molecule has 80 valence electrons. The minimum atomic E-state index is -1.24. The Bertz CT molecular complexity index is 250. The van der Waals surface area contributed by atoms with Crippen LogP contribution in [0.25, 0.3) is 0 Å². The maximum absolute atomic E-state index is 10.4. The Kier molecular flexibility index (Phi) is 5.50. The van der Waals surface area contributed by atoms with Gasteiger partial charge in [0.1, 0.15) is 6.10 Å². The molecule has 0 fully saturated rings. The van der Waals surface area contributed by atoms with Crippen LogP contribution in [0.15, 0.2) is 11.6 Å². The maximum atomic E-state index is 10.4. The number of nitrogens with two attached hydrogens (primary N) is 1. The van der Waals surface area contributed by atoms with E-state index in [9.17, 15) is 9.59 Å². The van der Waals surface area contributed by atoms with Gasteiger partial charge in [-0.2, -0.15) is 0 Å². The van der Waals surface area contributed by atoms with Gasteiger partial charge >= 0.3 is 5.97 Å². The standard InChI is InChI=1S/C8H14N2O4/c1-5(8(13)14)2-3-10-4-6(11)7(9)12/h2,6,10-11H,3-4H2,1H3,(H2,9,12)(H,13,14). The molecule has 6 nitrogen and oxygen atoms in total. The van der Waals surface area contributed by atoms with E-state index in [0.717, 1.165) is 0 Å². The number of carbonyl (C=O) groups excluding carboxylic acids is 1. The summed E-state index contributed by atoms with van der Waals surface area (Å²) in [7, 11) is 0. The Labute approximate surface area is 81.4 Å². The molecular weight excluding hydrogens is 188 g/mol. The van der Waals surface area contributed by atoms with Gasteiger partial charge in [0.25, 0.3) is 0 Å². The normalized spacial score (nSPS) is 13.7. The molecule has 0 bridgehead atoms. The van der Waals surface area contributed by atoms with Crippen molar-refractivity contribution in [2.24, 2.45) is 5.73 Å². The first kappa shape index (κ1) is 12.6. The number of carboxylic acid groups (broad SMARTS) is 1. The van der Waals surface area contributed by atoms with Crippen molar-refractivity contribution in [2.75, 3.05) is 13.1 Å². The molecule has 0 aliphatic heterocycles. The van der Waals surface area contributed by atoms with Gasteiger partial charge in [-0.3, -0.25) is 4.79 Å². The fourth-order valence-electron chi connectivity index (χ4n) is 0.633. The van der Waals surface area contributed by atoms with Crippen molar-refractivity contribution in [1.29, 1.82) is 0 Å². The van der Waals surface area contributed by atoms with E-state index in [4.69, 9.17) is 15.9 Å². The maximum Gasteiger partial charge on any atom is 0.330 e. The predicted octanol–water partition coefficient (Wildman–Crippen LogP) is -1.55. The zero-order chi connectivity index (χ0) is 11.1. The minimum Gasteiger partial charge on any atom is -0.478 e. The van der Waals surface area contributed by atoms with Gasteiger partial charge in [0.05, 0.1) is 0 Å². The van der Waals surface area contributed by atoms with E-state index in [2.05, 4.69) is 5.32 Å². The lowest BCUT2D eigenvalue weighted by atomic mass is 10.3. The van der Waals surface area contributed by atoms with E-state index in [-0.39, 0.29) is 18.7 Å². The Morgan fingerprint density at radius 1 is 1.57 bits per heavy atom. The number of hydrogen-bond acceptors (Lipinski definition) is 4. The zero-order valence-corrected chi connectivity index (χ0v) is 7.86. The third kappa shape index (κ3) is 5.28. The zero-order valence-electron chi connectivity index (χ0n) is 7.86. The van der Waals surface area contributed by atoms with Crippen molar-refractivity contribution in [3.05, 3.63) is 11.6 Å². The molecule has 0 rings (SSSR count). The van der Waals surface area contributed by atoms with Gasteiger partial charge in [-0.05, 0) is 6.92 Å². The quantitative estimate of drug-likeness (QED) is 0.308. The molecule has 1 unspecified atom stereocenters. The number of aliphatic carboxylic acids is 1. The van der Waals surface area contributed by atoms with Gasteiger partial charge in [0.15, 0.2) is 0 Å². The molecular formula is C8H14N2O4. The lowest BCUT2D eigenvalue weighted by Crippen LogP contribution is -2.37. The van der Waals surface area contributed by atoms with Gasteiger partial charge in [-0.25, -0.2) is 4.79 Å². The second kappa shape index (κ2) is 6.11. The van der Waals surface area contributed by atoms with Crippen molar-refractivity contribution < 1.29 is 19.8 Å². The van der Waals surface area contributed by atoms with Gasteiger partial charge < -0.3 is 21.3 Å². The van der Waals surface area contributed by atoms with Crippen molar-refractivity contribution in [2.45, 2.75) is 13.0 Å². The van der Waals surface area contributed by atoms with Gasteiger partial charge in [-0.15, -0.1) is 0 Å². The predicted molar refractivity (Wildman–Crippen MR) is 49.5 cm³/mol. The summed E-state index contributed by atoms with van der Waals surface area (Å²) in [6.45, 7) is 1.73. The van der Waals surface area contributed by atoms with Crippen molar-refractivity contribution >= 4 is 11.9 Å². The molecule has 0 aromatic rings. The van der Waals surface area contributed by atoms with E-state index in [0.29, 0.717) is 0 Å². The van der Waals surface area contributed by atoms with Crippen LogP contribution in [0.4, 0.5) is 0 Å². The molecule has 1 atom stereocenters. The Hall–Kier alpha value is -1.40. The Balaban J connectivity index is 3.71. The van der Waals surface area contributed by atoms with E-state index < -0.39 is 18.0 Å². The van der Waals surface area contributed by atoms with Crippen molar-refractivity contribution in [3.63, 3.8) is 0 Å². The molecule has 0 aliphatic rings. The highest BCUT2D eigenvalue weighted by molar-refractivity contribution is 5.85. The van der Waals surface area contributed by atoms with Crippen molar-refractivity contribution in [3.8, 4) is 0 Å². The average Bonchev–Trinajstić information content (AvgIpc) is 2.11. The van der Waals surface area contributed by atoms with Crippen LogP contribution in [0.1, 0.15) is 6.92 Å². The number of nitrogens with one attached hydrogen (secondary N) is 1. The first-order chi connectivity index (χ1) is 6.45. The largest absolute Gasteiger partial charge is 0.478 e. The second-order valence-electron chi connectivity index (χ2n) is 2.77. The molecule has 5 N–H and O–H groups in total. The molecule has 1 amide bonds. The highest BCUT2D eigenvalue weighted by atomic mass is 16.4. The summed E-state index contributed by atoms with van der Waals surface area (Å²) < 4.78 is 0. The van der Waals surface area contributed by atoms with Crippen LogP contribution in [-0.2, 0) is 9.59 Å². The van der Waals surface area contributed by atoms with Crippen LogP contribution >= 0.6 is 0 Å². The lowest BCUT2D eigenvalue weighted by Gasteiger charge is -2.05. The Morgan fingerprint density at radius 2 is 2.14 bits per heavy atom.